The number of nitrogens with zero attached hydrogens (tertiary/aromatic N) is 3. The van der Waals surface area contributed by atoms with Crippen LogP contribution in [-0.4, -0.2) is 32.5 Å². The Hall–Kier alpha value is -2.20. The van der Waals surface area contributed by atoms with Crippen molar-refractivity contribution in [2.75, 3.05) is 17.3 Å². The highest BCUT2D eigenvalue weighted by atomic mass is 32.2. The minimum Gasteiger partial charge on any atom is -0.325 e. The van der Waals surface area contributed by atoms with Crippen molar-refractivity contribution in [2.24, 2.45) is 0 Å². The Morgan fingerprint density at radius 3 is 2.70 bits per heavy atom. The number of pyridine rings is 1. The molecule has 10 heteroatoms. The topological polar surface area (TPSA) is 59.3 Å². The first-order valence-corrected chi connectivity index (χ1v) is 10.1. The minimum absolute atomic E-state index is 0.172. The maximum absolute atomic E-state index is 12.9. The number of nitrogens with one attached hydrogen (secondary N) is 1. The summed E-state index contributed by atoms with van der Waals surface area (Å²) in [6, 6.07) is 9.70. The number of para-hydroxylation sites is 1. The summed E-state index contributed by atoms with van der Waals surface area (Å²) in [7, 11) is 0. The lowest BCUT2D eigenvalue weighted by atomic mass is 10.3. The lowest BCUT2D eigenvalue weighted by Gasteiger charge is -2.09. The fourth-order valence-electron chi connectivity index (χ4n) is 2.33. The molecule has 0 saturated carbocycles. The first-order chi connectivity index (χ1) is 12.9. The number of hydrogen-bond acceptors (Lipinski definition) is 5. The zero-order valence-corrected chi connectivity index (χ0v) is 15.8. The third kappa shape index (κ3) is 4.75. The number of aromatic nitrogens is 3. The van der Waals surface area contributed by atoms with Crippen LogP contribution in [-0.2, 0) is 11.0 Å². The number of carbonyl (C=O) groups is 1. The molecule has 0 saturated heterocycles. The molecule has 1 amide bonds. The number of benzene rings is 1. The molecule has 1 aromatic carbocycles. The molecule has 0 fully saturated rings. The molecule has 0 aliphatic heterocycles. The van der Waals surface area contributed by atoms with Gasteiger partial charge in [0.1, 0.15) is 0 Å². The zero-order valence-electron chi connectivity index (χ0n) is 14.2. The molecule has 2 heterocycles. The molecule has 0 aliphatic rings. The Morgan fingerprint density at radius 1 is 1.19 bits per heavy atom. The second-order valence-corrected chi connectivity index (χ2v) is 7.38. The number of anilines is 1. The Bertz CT molecular complexity index is 959. The van der Waals surface area contributed by atoms with Gasteiger partial charge in [-0.3, -0.25) is 9.20 Å². The molecule has 0 spiro atoms. The first kappa shape index (κ1) is 19.6. The normalized spacial score (nSPS) is 11.7. The second-order valence-electron chi connectivity index (χ2n) is 5.47. The lowest BCUT2D eigenvalue weighted by molar-refractivity contribution is -0.137. The summed E-state index contributed by atoms with van der Waals surface area (Å²) in [4.78, 5) is 13.1. The van der Waals surface area contributed by atoms with E-state index in [1.165, 1.54) is 34.0 Å². The number of halogens is 3. The van der Waals surface area contributed by atoms with Crippen LogP contribution in [0.1, 0.15) is 12.0 Å². The van der Waals surface area contributed by atoms with Crippen LogP contribution in [0.2, 0.25) is 0 Å². The number of carbonyl (C=O) groups excluding carboxylic acids is 1. The summed E-state index contributed by atoms with van der Waals surface area (Å²) >= 11 is 2.71. The van der Waals surface area contributed by atoms with E-state index in [1.54, 1.807) is 0 Å². The SMILES string of the molecule is CSc1ccccc1NC(=O)CCSc1nnc2ccc(C(F)(F)F)cn12. The number of thioether (sulfide) groups is 2. The summed E-state index contributed by atoms with van der Waals surface area (Å²) in [5.41, 5.74) is 0.287. The molecule has 142 valence electrons. The highest BCUT2D eigenvalue weighted by molar-refractivity contribution is 7.99. The van der Waals surface area contributed by atoms with Crippen LogP contribution in [0.5, 0.6) is 0 Å². The molecule has 0 radical (unpaired) electrons. The van der Waals surface area contributed by atoms with Crippen LogP contribution in [0.4, 0.5) is 18.9 Å². The van der Waals surface area contributed by atoms with Crippen LogP contribution in [0, 0.1) is 0 Å². The standard InChI is InChI=1S/C17H15F3N4OS2/c1-26-13-5-3-2-4-12(13)21-15(25)8-9-27-16-23-22-14-7-6-11(10-24(14)16)17(18,19)20/h2-7,10H,8-9H2,1H3,(H,21,25). The Balaban J connectivity index is 1.62. The molecule has 0 unspecified atom stereocenters. The van der Waals surface area contributed by atoms with Gasteiger partial charge in [-0.05, 0) is 30.5 Å². The van der Waals surface area contributed by atoms with Gasteiger partial charge >= 0.3 is 6.18 Å². The zero-order chi connectivity index (χ0) is 19.4. The van der Waals surface area contributed by atoms with Gasteiger partial charge in [0.15, 0.2) is 10.8 Å². The minimum atomic E-state index is -4.44. The average molecular weight is 412 g/mol. The van der Waals surface area contributed by atoms with E-state index in [0.717, 1.165) is 22.8 Å². The van der Waals surface area contributed by atoms with E-state index in [0.29, 0.717) is 16.6 Å². The third-order valence-electron chi connectivity index (χ3n) is 3.64. The fraction of sp³-hybridized carbons (Fsp3) is 0.235. The van der Waals surface area contributed by atoms with Gasteiger partial charge in [0, 0.05) is 23.3 Å². The van der Waals surface area contributed by atoms with Gasteiger partial charge in [0.2, 0.25) is 5.91 Å². The van der Waals surface area contributed by atoms with E-state index in [-0.39, 0.29) is 12.3 Å². The van der Waals surface area contributed by atoms with E-state index in [9.17, 15) is 18.0 Å². The van der Waals surface area contributed by atoms with Gasteiger partial charge in [0.05, 0.1) is 11.3 Å². The Kier molecular flexibility index (Phi) is 5.95. The summed E-state index contributed by atoms with van der Waals surface area (Å²) in [5, 5.41) is 10.9. The molecular weight excluding hydrogens is 397 g/mol. The van der Waals surface area contributed by atoms with Crippen molar-refractivity contribution in [3.63, 3.8) is 0 Å². The Labute approximate surface area is 161 Å². The van der Waals surface area contributed by atoms with E-state index in [2.05, 4.69) is 15.5 Å². The smallest absolute Gasteiger partial charge is 0.325 e. The molecule has 0 atom stereocenters. The monoisotopic (exact) mass is 412 g/mol. The van der Waals surface area contributed by atoms with Gasteiger partial charge in [-0.1, -0.05) is 23.9 Å². The maximum atomic E-state index is 12.9. The number of rotatable bonds is 6. The quantitative estimate of drug-likeness (QED) is 0.600. The van der Waals surface area contributed by atoms with Crippen LogP contribution < -0.4 is 5.32 Å². The highest BCUT2D eigenvalue weighted by Gasteiger charge is 2.31. The highest BCUT2D eigenvalue weighted by Crippen LogP contribution is 2.30. The van der Waals surface area contributed by atoms with E-state index in [4.69, 9.17) is 0 Å². The van der Waals surface area contributed by atoms with Crippen LogP contribution >= 0.6 is 23.5 Å². The Morgan fingerprint density at radius 2 is 1.96 bits per heavy atom. The largest absolute Gasteiger partial charge is 0.417 e. The lowest BCUT2D eigenvalue weighted by Crippen LogP contribution is -2.13. The number of amides is 1. The number of hydrogen-bond donors (Lipinski definition) is 1. The molecule has 27 heavy (non-hydrogen) atoms. The van der Waals surface area contributed by atoms with Crippen molar-refractivity contribution >= 4 is 40.8 Å². The number of alkyl halides is 3. The molecular formula is C17H15F3N4OS2. The summed E-state index contributed by atoms with van der Waals surface area (Å²) in [6.45, 7) is 0. The molecule has 0 bridgehead atoms. The van der Waals surface area contributed by atoms with E-state index < -0.39 is 11.7 Å². The summed E-state index contributed by atoms with van der Waals surface area (Å²) in [6.07, 6.45) is -1.36. The first-order valence-electron chi connectivity index (χ1n) is 7.86. The molecule has 3 rings (SSSR count). The van der Waals surface area contributed by atoms with Gasteiger partial charge in [-0.15, -0.1) is 22.0 Å². The van der Waals surface area contributed by atoms with Crippen molar-refractivity contribution in [2.45, 2.75) is 22.6 Å². The summed E-state index contributed by atoms with van der Waals surface area (Å²) in [5.74, 6) is 0.193. The van der Waals surface area contributed by atoms with Gasteiger partial charge in [-0.2, -0.15) is 13.2 Å². The fourth-order valence-corrected chi connectivity index (χ4v) is 3.74. The van der Waals surface area contributed by atoms with Crippen molar-refractivity contribution in [1.82, 2.24) is 14.6 Å². The van der Waals surface area contributed by atoms with Crippen molar-refractivity contribution in [1.29, 1.82) is 0 Å². The molecule has 2 aromatic heterocycles. The molecule has 0 aliphatic carbocycles. The van der Waals surface area contributed by atoms with Crippen LogP contribution in [0.3, 0.4) is 0 Å². The summed E-state index contributed by atoms with van der Waals surface area (Å²) < 4.78 is 39.9. The van der Waals surface area contributed by atoms with Crippen molar-refractivity contribution < 1.29 is 18.0 Å². The van der Waals surface area contributed by atoms with Gasteiger partial charge in [-0.25, -0.2) is 0 Å². The van der Waals surface area contributed by atoms with Gasteiger partial charge < -0.3 is 5.32 Å². The number of fused-ring (bicyclic) bond motifs is 1. The van der Waals surface area contributed by atoms with Gasteiger partial charge in [0.25, 0.3) is 0 Å². The molecule has 3 aromatic rings. The average Bonchev–Trinajstić information content (AvgIpc) is 3.04. The van der Waals surface area contributed by atoms with Crippen LogP contribution in [0.15, 0.2) is 52.6 Å². The van der Waals surface area contributed by atoms with Crippen molar-refractivity contribution in [3.05, 3.63) is 48.2 Å². The molecule has 5 nitrogen and oxygen atoms in total. The maximum Gasteiger partial charge on any atom is 0.417 e. The van der Waals surface area contributed by atoms with E-state index in [1.807, 2.05) is 30.5 Å². The third-order valence-corrected chi connectivity index (χ3v) is 5.38. The van der Waals surface area contributed by atoms with E-state index >= 15 is 0 Å². The van der Waals surface area contributed by atoms with Crippen LogP contribution in [0.25, 0.3) is 5.65 Å². The predicted octanol–water partition coefficient (Wildman–Crippen LogP) is 4.59. The predicted molar refractivity (Wildman–Crippen MR) is 100 cm³/mol. The molecule has 1 N–H and O–H groups in total. The second kappa shape index (κ2) is 8.22. The van der Waals surface area contributed by atoms with Crippen molar-refractivity contribution in [3.8, 4) is 0 Å².